The molecule has 4 unspecified atom stereocenters. The monoisotopic (exact) mass is 606 g/mol. The van der Waals surface area contributed by atoms with Crippen molar-refractivity contribution in [2.24, 2.45) is 44.6 Å². The van der Waals surface area contributed by atoms with Gasteiger partial charge in [0.05, 0.1) is 6.04 Å². The second-order valence-electron chi connectivity index (χ2n) is 10.5. The van der Waals surface area contributed by atoms with Crippen molar-refractivity contribution < 1.29 is 29.4 Å². The van der Waals surface area contributed by atoms with Crippen molar-refractivity contribution in [1.82, 2.24) is 16.0 Å². The van der Waals surface area contributed by atoms with Gasteiger partial charge in [-0.25, -0.2) is 4.79 Å². The number of phenols is 1. The highest BCUT2D eigenvalue weighted by atomic mass is 16.4. The van der Waals surface area contributed by atoms with Gasteiger partial charge >= 0.3 is 5.97 Å². The largest absolute Gasteiger partial charge is 0.508 e. The van der Waals surface area contributed by atoms with Crippen molar-refractivity contribution >= 4 is 35.6 Å². The zero-order chi connectivity index (χ0) is 32.5. The summed E-state index contributed by atoms with van der Waals surface area (Å²) < 4.78 is 0. The van der Waals surface area contributed by atoms with Crippen LogP contribution in [-0.2, 0) is 25.6 Å². The van der Waals surface area contributed by atoms with Gasteiger partial charge in [0.1, 0.15) is 23.9 Å². The van der Waals surface area contributed by atoms with Crippen molar-refractivity contribution in [3.63, 3.8) is 0 Å². The smallest absolute Gasteiger partial charge is 0.326 e. The number of carbonyl (C=O) groups is 4. The van der Waals surface area contributed by atoms with E-state index in [1.165, 1.54) is 12.1 Å². The molecule has 0 saturated carbocycles. The standard InChI is InChI=1S/C27H46N10O6/c1-15(2)13-21(25(42)43)37-24(41)20(6-4-12-34-27(31)32)36-23(40)19(5-3-11-33-26(29)30)35-22(39)18(28)14-16-7-9-17(38)10-8-16/h7-10,15,18-21,38H,3-6,11-14,28H2,1-2H3,(H,35,39)(H,36,40)(H,37,41)(H,42,43)(H4,29,30,33)(H4,31,32,34). The maximum atomic E-state index is 13.4. The Morgan fingerprint density at radius 3 is 1.63 bits per heavy atom. The van der Waals surface area contributed by atoms with Gasteiger partial charge in [-0.15, -0.1) is 0 Å². The summed E-state index contributed by atoms with van der Waals surface area (Å²) in [5.74, 6) is -3.45. The van der Waals surface area contributed by atoms with Crippen LogP contribution in [0.2, 0.25) is 0 Å². The van der Waals surface area contributed by atoms with E-state index in [1.807, 2.05) is 13.8 Å². The molecule has 1 aromatic rings. The first kappa shape index (κ1) is 36.4. The average molecular weight is 607 g/mol. The Hall–Kier alpha value is -4.60. The van der Waals surface area contributed by atoms with Crippen LogP contribution < -0.4 is 44.6 Å². The number of carboxylic acids is 1. The van der Waals surface area contributed by atoms with E-state index in [4.69, 9.17) is 28.7 Å². The third kappa shape index (κ3) is 15.3. The van der Waals surface area contributed by atoms with E-state index >= 15 is 0 Å². The minimum absolute atomic E-state index is 0.0214. The lowest BCUT2D eigenvalue weighted by atomic mass is 10.0. The van der Waals surface area contributed by atoms with E-state index in [2.05, 4.69) is 25.9 Å². The molecule has 0 bridgehead atoms. The van der Waals surface area contributed by atoms with Crippen LogP contribution in [0.1, 0.15) is 51.5 Å². The van der Waals surface area contributed by atoms with Crippen LogP contribution >= 0.6 is 0 Å². The van der Waals surface area contributed by atoms with Gasteiger partial charge in [0, 0.05) is 13.1 Å². The summed E-state index contributed by atoms with van der Waals surface area (Å²) >= 11 is 0. The second-order valence-corrected chi connectivity index (χ2v) is 10.5. The summed E-state index contributed by atoms with van der Waals surface area (Å²) in [7, 11) is 0. The molecule has 0 aliphatic carbocycles. The molecule has 0 aromatic heterocycles. The lowest BCUT2D eigenvalue weighted by molar-refractivity contribution is -0.142. The molecule has 0 heterocycles. The Morgan fingerprint density at radius 1 is 0.767 bits per heavy atom. The van der Waals surface area contributed by atoms with Crippen molar-refractivity contribution in [1.29, 1.82) is 0 Å². The van der Waals surface area contributed by atoms with Crippen LogP contribution in [0.4, 0.5) is 0 Å². The van der Waals surface area contributed by atoms with E-state index in [0.29, 0.717) is 12.0 Å². The van der Waals surface area contributed by atoms with E-state index in [9.17, 15) is 29.4 Å². The van der Waals surface area contributed by atoms with Crippen molar-refractivity contribution in [3.05, 3.63) is 29.8 Å². The first-order valence-electron chi connectivity index (χ1n) is 14.0. The number of hydrogen-bond donors (Lipinski definition) is 10. The molecule has 16 heteroatoms. The summed E-state index contributed by atoms with van der Waals surface area (Å²) in [6.45, 7) is 3.98. The van der Waals surface area contributed by atoms with Crippen LogP contribution in [-0.4, -0.2) is 83.1 Å². The Kier molecular flexibility index (Phi) is 15.9. The van der Waals surface area contributed by atoms with Gasteiger partial charge in [-0.3, -0.25) is 24.4 Å². The molecule has 0 aliphatic heterocycles. The Balaban J connectivity index is 3.11. The normalized spacial score (nSPS) is 13.6. The maximum absolute atomic E-state index is 13.4. The van der Waals surface area contributed by atoms with Gasteiger partial charge in [0.25, 0.3) is 0 Å². The highest BCUT2D eigenvalue weighted by Gasteiger charge is 2.30. The Morgan fingerprint density at radius 2 is 1.21 bits per heavy atom. The summed E-state index contributed by atoms with van der Waals surface area (Å²) in [6, 6.07) is 1.71. The number of benzene rings is 1. The molecular weight excluding hydrogens is 560 g/mol. The number of aliphatic imine (C=N–C) groups is 2. The van der Waals surface area contributed by atoms with Gasteiger partial charge in [-0.2, -0.15) is 0 Å². The molecule has 1 rings (SSSR count). The zero-order valence-electron chi connectivity index (χ0n) is 24.7. The molecule has 15 N–H and O–H groups in total. The molecule has 0 aliphatic rings. The molecule has 0 radical (unpaired) electrons. The molecule has 16 nitrogen and oxygen atoms in total. The molecule has 240 valence electrons. The first-order chi connectivity index (χ1) is 20.2. The fourth-order valence-electron chi connectivity index (χ4n) is 4.04. The van der Waals surface area contributed by atoms with Crippen molar-refractivity contribution in [2.75, 3.05) is 13.1 Å². The van der Waals surface area contributed by atoms with Crippen LogP contribution in [0.5, 0.6) is 5.75 Å². The molecule has 43 heavy (non-hydrogen) atoms. The predicted molar refractivity (Wildman–Crippen MR) is 162 cm³/mol. The molecule has 1 aromatic carbocycles. The summed E-state index contributed by atoms with van der Waals surface area (Å²) in [5.41, 5.74) is 28.3. The number of aromatic hydroxyl groups is 1. The fraction of sp³-hybridized carbons (Fsp3) is 0.556. The SMILES string of the molecule is CC(C)CC(NC(=O)C(CCCN=C(N)N)NC(=O)C(CCCN=C(N)N)NC(=O)C(N)Cc1ccc(O)cc1)C(=O)O. The number of carboxylic acid groups (broad SMARTS) is 1. The van der Waals surface area contributed by atoms with E-state index in [1.54, 1.807) is 12.1 Å². The second kappa shape index (κ2) is 18.8. The number of hydrogen-bond acceptors (Lipinski definition) is 8. The van der Waals surface area contributed by atoms with Gasteiger partial charge in [0.2, 0.25) is 17.7 Å². The van der Waals surface area contributed by atoms with Gasteiger partial charge < -0.3 is 54.8 Å². The van der Waals surface area contributed by atoms with Crippen LogP contribution in [0.15, 0.2) is 34.3 Å². The van der Waals surface area contributed by atoms with E-state index in [0.717, 1.165) is 0 Å². The minimum atomic E-state index is -1.21. The number of nitrogens with two attached hydrogens (primary N) is 5. The van der Waals surface area contributed by atoms with Crippen molar-refractivity contribution in [3.8, 4) is 5.75 Å². The first-order valence-corrected chi connectivity index (χ1v) is 14.0. The number of rotatable bonds is 19. The third-order valence-corrected chi connectivity index (χ3v) is 6.21. The highest BCUT2D eigenvalue weighted by molar-refractivity contribution is 5.94. The number of amides is 3. The van der Waals surface area contributed by atoms with Crippen LogP contribution in [0, 0.1) is 5.92 Å². The van der Waals surface area contributed by atoms with Gasteiger partial charge in [-0.05, 0) is 62.1 Å². The molecule has 0 saturated heterocycles. The zero-order valence-corrected chi connectivity index (χ0v) is 24.7. The lowest BCUT2D eigenvalue weighted by Gasteiger charge is -2.25. The molecule has 4 atom stereocenters. The third-order valence-electron chi connectivity index (χ3n) is 6.21. The quantitative estimate of drug-likeness (QED) is 0.0464. The molecule has 0 spiro atoms. The Bertz CT molecular complexity index is 1120. The fourth-order valence-corrected chi connectivity index (χ4v) is 4.04. The summed E-state index contributed by atoms with van der Waals surface area (Å²) in [4.78, 5) is 59.1. The van der Waals surface area contributed by atoms with Gasteiger partial charge in [0.15, 0.2) is 11.9 Å². The molecule has 3 amide bonds. The lowest BCUT2D eigenvalue weighted by Crippen LogP contribution is -2.57. The topological polar surface area (TPSA) is 300 Å². The average Bonchev–Trinajstić information content (AvgIpc) is 2.91. The van der Waals surface area contributed by atoms with Crippen LogP contribution in [0.25, 0.3) is 0 Å². The van der Waals surface area contributed by atoms with E-state index < -0.39 is 47.9 Å². The number of nitrogens with one attached hydrogen (secondary N) is 3. The molecular formula is C27H46N10O6. The maximum Gasteiger partial charge on any atom is 0.326 e. The summed E-state index contributed by atoms with van der Waals surface area (Å²) in [5, 5.41) is 26.8. The highest BCUT2D eigenvalue weighted by Crippen LogP contribution is 2.12. The van der Waals surface area contributed by atoms with Crippen LogP contribution in [0.3, 0.4) is 0 Å². The number of aliphatic carboxylic acids is 1. The Labute approximate surface area is 250 Å². The van der Waals surface area contributed by atoms with E-state index in [-0.39, 0.29) is 68.8 Å². The summed E-state index contributed by atoms with van der Waals surface area (Å²) in [6.07, 6.45) is 1.09. The number of guanidine groups is 2. The minimum Gasteiger partial charge on any atom is -0.508 e. The number of carbonyl (C=O) groups excluding carboxylic acids is 3. The molecule has 0 fully saturated rings. The van der Waals surface area contributed by atoms with Gasteiger partial charge in [-0.1, -0.05) is 26.0 Å². The number of phenolic OH excluding ortho intramolecular Hbond substituents is 1. The number of nitrogens with zero attached hydrogens (tertiary/aromatic N) is 2. The van der Waals surface area contributed by atoms with Crippen molar-refractivity contribution in [2.45, 2.75) is 76.5 Å². The predicted octanol–water partition coefficient (Wildman–Crippen LogP) is -2.05.